The van der Waals surface area contributed by atoms with E-state index >= 15 is 0 Å². The number of amides is 1. The Labute approximate surface area is 141 Å². The van der Waals surface area contributed by atoms with Crippen LogP contribution in [0.25, 0.3) is 0 Å². The number of benzene rings is 1. The SMILES string of the molecule is COCCNCC(=O)N(Cc1ccsc1)c1ccccc1.Cl. The standard InChI is InChI=1S/C16H20N2O2S.ClH/c1-20-9-8-17-11-16(19)18(12-14-7-10-21-13-14)15-5-3-2-4-6-15;/h2-7,10,13,17H,8-9,11-12H2,1H3;1H. The molecule has 0 radical (unpaired) electrons. The Hall–Kier alpha value is -1.40. The fourth-order valence-electron chi connectivity index (χ4n) is 1.96. The van der Waals surface area contributed by atoms with Gasteiger partial charge in [-0.25, -0.2) is 0 Å². The van der Waals surface area contributed by atoms with Gasteiger partial charge in [-0.15, -0.1) is 12.4 Å². The van der Waals surface area contributed by atoms with Crippen LogP contribution in [0.4, 0.5) is 5.69 Å². The molecule has 120 valence electrons. The first-order valence-electron chi connectivity index (χ1n) is 6.87. The van der Waals surface area contributed by atoms with Gasteiger partial charge >= 0.3 is 0 Å². The highest BCUT2D eigenvalue weighted by atomic mass is 35.5. The van der Waals surface area contributed by atoms with Crippen LogP contribution in [0.1, 0.15) is 5.56 Å². The largest absolute Gasteiger partial charge is 0.383 e. The van der Waals surface area contributed by atoms with Crippen molar-refractivity contribution in [1.29, 1.82) is 0 Å². The van der Waals surface area contributed by atoms with Crippen LogP contribution in [0.3, 0.4) is 0 Å². The summed E-state index contributed by atoms with van der Waals surface area (Å²) in [5.41, 5.74) is 2.07. The lowest BCUT2D eigenvalue weighted by Gasteiger charge is -2.22. The Morgan fingerprint density at radius 2 is 2.05 bits per heavy atom. The van der Waals surface area contributed by atoms with Crippen molar-refractivity contribution in [3.63, 3.8) is 0 Å². The van der Waals surface area contributed by atoms with Crippen molar-refractivity contribution < 1.29 is 9.53 Å². The molecular weight excluding hydrogens is 320 g/mol. The molecule has 0 fully saturated rings. The highest BCUT2D eigenvalue weighted by Crippen LogP contribution is 2.18. The molecule has 1 aromatic carbocycles. The van der Waals surface area contributed by atoms with E-state index in [0.717, 1.165) is 11.3 Å². The number of ether oxygens (including phenoxy) is 1. The van der Waals surface area contributed by atoms with Gasteiger partial charge in [-0.3, -0.25) is 4.79 Å². The van der Waals surface area contributed by atoms with Crippen LogP contribution < -0.4 is 10.2 Å². The third-order valence-corrected chi connectivity index (χ3v) is 3.78. The Morgan fingerprint density at radius 1 is 1.27 bits per heavy atom. The summed E-state index contributed by atoms with van der Waals surface area (Å²) >= 11 is 1.64. The summed E-state index contributed by atoms with van der Waals surface area (Å²) in [4.78, 5) is 14.3. The molecule has 1 aromatic heterocycles. The van der Waals surface area contributed by atoms with Gasteiger partial charge in [0.2, 0.25) is 5.91 Å². The average Bonchev–Trinajstić information content (AvgIpc) is 3.03. The molecule has 0 atom stereocenters. The summed E-state index contributed by atoms with van der Waals surface area (Å²) in [6.45, 7) is 2.17. The van der Waals surface area contributed by atoms with Crippen molar-refractivity contribution in [2.24, 2.45) is 0 Å². The first-order chi connectivity index (χ1) is 10.3. The van der Waals surface area contributed by atoms with Gasteiger partial charge in [-0.2, -0.15) is 11.3 Å². The van der Waals surface area contributed by atoms with Crippen molar-refractivity contribution in [2.75, 3.05) is 31.7 Å². The molecule has 2 rings (SSSR count). The maximum absolute atomic E-state index is 12.5. The van der Waals surface area contributed by atoms with E-state index in [2.05, 4.69) is 10.7 Å². The monoisotopic (exact) mass is 340 g/mol. The molecule has 2 aromatic rings. The molecular formula is C16H21ClN2O2S. The zero-order chi connectivity index (χ0) is 14.9. The van der Waals surface area contributed by atoms with Gasteiger partial charge < -0.3 is 15.0 Å². The highest BCUT2D eigenvalue weighted by Gasteiger charge is 2.15. The van der Waals surface area contributed by atoms with Crippen LogP contribution in [0, 0.1) is 0 Å². The van der Waals surface area contributed by atoms with Gasteiger partial charge in [0.25, 0.3) is 0 Å². The maximum atomic E-state index is 12.5. The Bertz CT molecular complexity index is 534. The number of thiophene rings is 1. The van der Waals surface area contributed by atoms with Gasteiger partial charge in [0.05, 0.1) is 19.7 Å². The number of para-hydroxylation sites is 1. The van der Waals surface area contributed by atoms with Gasteiger partial charge in [0.1, 0.15) is 0 Å². The topological polar surface area (TPSA) is 41.6 Å². The lowest BCUT2D eigenvalue weighted by molar-refractivity contribution is -0.118. The number of halogens is 1. The number of nitrogens with zero attached hydrogens (tertiary/aromatic N) is 1. The number of anilines is 1. The highest BCUT2D eigenvalue weighted by molar-refractivity contribution is 7.07. The van der Waals surface area contributed by atoms with Crippen LogP contribution in [0.5, 0.6) is 0 Å². The number of carbonyl (C=O) groups is 1. The zero-order valence-electron chi connectivity index (χ0n) is 12.5. The fourth-order valence-corrected chi connectivity index (χ4v) is 2.62. The summed E-state index contributed by atoms with van der Waals surface area (Å²) in [7, 11) is 1.65. The Kier molecular flexibility index (Phi) is 8.77. The van der Waals surface area contributed by atoms with Crippen LogP contribution in [0.2, 0.25) is 0 Å². The molecule has 0 spiro atoms. The molecule has 0 aliphatic carbocycles. The molecule has 1 amide bonds. The van der Waals surface area contributed by atoms with E-state index in [0.29, 0.717) is 26.2 Å². The van der Waals surface area contributed by atoms with Crippen molar-refractivity contribution in [3.05, 3.63) is 52.7 Å². The van der Waals surface area contributed by atoms with Crippen LogP contribution >= 0.6 is 23.7 Å². The second-order valence-electron chi connectivity index (χ2n) is 4.62. The minimum atomic E-state index is 0. The van der Waals surface area contributed by atoms with Crippen LogP contribution in [-0.4, -0.2) is 32.7 Å². The molecule has 0 unspecified atom stereocenters. The molecule has 0 aliphatic heterocycles. The number of hydrogen-bond acceptors (Lipinski definition) is 4. The predicted octanol–water partition coefficient (Wildman–Crippen LogP) is 2.94. The number of rotatable bonds is 8. The first kappa shape index (κ1) is 18.6. The second kappa shape index (κ2) is 10.3. The molecule has 0 aliphatic rings. The Morgan fingerprint density at radius 3 is 2.68 bits per heavy atom. The van der Waals surface area contributed by atoms with E-state index in [1.807, 2.05) is 46.7 Å². The molecule has 0 saturated heterocycles. The number of hydrogen-bond donors (Lipinski definition) is 1. The van der Waals surface area contributed by atoms with Crippen LogP contribution in [0.15, 0.2) is 47.2 Å². The third kappa shape index (κ3) is 5.77. The van der Waals surface area contributed by atoms with Crippen molar-refractivity contribution in [3.8, 4) is 0 Å². The van der Waals surface area contributed by atoms with Crippen molar-refractivity contribution in [2.45, 2.75) is 6.54 Å². The third-order valence-electron chi connectivity index (χ3n) is 3.05. The normalized spacial score (nSPS) is 10.0. The predicted molar refractivity (Wildman–Crippen MR) is 93.9 cm³/mol. The number of methoxy groups -OCH3 is 1. The summed E-state index contributed by atoms with van der Waals surface area (Å²) in [6.07, 6.45) is 0. The van der Waals surface area contributed by atoms with Crippen molar-refractivity contribution >= 4 is 35.3 Å². The summed E-state index contributed by atoms with van der Waals surface area (Å²) in [5.74, 6) is 0.0588. The fraction of sp³-hybridized carbons (Fsp3) is 0.312. The van der Waals surface area contributed by atoms with E-state index in [1.54, 1.807) is 18.4 Å². The van der Waals surface area contributed by atoms with E-state index in [-0.39, 0.29) is 18.3 Å². The molecule has 22 heavy (non-hydrogen) atoms. The zero-order valence-corrected chi connectivity index (χ0v) is 14.2. The van der Waals surface area contributed by atoms with E-state index in [4.69, 9.17) is 4.74 Å². The summed E-state index contributed by atoms with van der Waals surface area (Å²) < 4.78 is 4.97. The lowest BCUT2D eigenvalue weighted by Crippen LogP contribution is -2.38. The van der Waals surface area contributed by atoms with Gasteiger partial charge in [0, 0.05) is 19.3 Å². The van der Waals surface area contributed by atoms with E-state index in [9.17, 15) is 4.79 Å². The first-order valence-corrected chi connectivity index (χ1v) is 7.81. The lowest BCUT2D eigenvalue weighted by atomic mass is 10.2. The average molecular weight is 341 g/mol. The molecule has 1 N–H and O–H groups in total. The van der Waals surface area contributed by atoms with Gasteiger partial charge in [-0.1, -0.05) is 18.2 Å². The summed E-state index contributed by atoms with van der Waals surface area (Å²) in [6, 6.07) is 11.8. The molecule has 4 nitrogen and oxygen atoms in total. The van der Waals surface area contributed by atoms with E-state index in [1.165, 1.54) is 0 Å². The smallest absolute Gasteiger partial charge is 0.241 e. The number of carbonyl (C=O) groups excluding carboxylic acids is 1. The number of nitrogens with one attached hydrogen (secondary N) is 1. The molecule has 1 heterocycles. The maximum Gasteiger partial charge on any atom is 0.241 e. The quantitative estimate of drug-likeness (QED) is 0.751. The molecule has 0 saturated carbocycles. The van der Waals surface area contributed by atoms with Crippen molar-refractivity contribution in [1.82, 2.24) is 5.32 Å². The minimum absolute atomic E-state index is 0. The summed E-state index contributed by atoms with van der Waals surface area (Å²) in [5, 5.41) is 7.20. The second-order valence-corrected chi connectivity index (χ2v) is 5.40. The molecule has 6 heteroatoms. The minimum Gasteiger partial charge on any atom is -0.383 e. The Balaban J connectivity index is 0.00000242. The van der Waals surface area contributed by atoms with Gasteiger partial charge in [-0.05, 0) is 34.5 Å². The van der Waals surface area contributed by atoms with Gasteiger partial charge in [0.15, 0.2) is 0 Å². The van der Waals surface area contributed by atoms with Crippen LogP contribution in [-0.2, 0) is 16.1 Å². The van der Waals surface area contributed by atoms with E-state index < -0.39 is 0 Å². The molecule has 0 bridgehead atoms.